The average molecular weight is 577 g/mol. The zero-order chi connectivity index (χ0) is 29.9. The number of carbonyl (C=O) groups is 1. The van der Waals surface area contributed by atoms with Crippen molar-refractivity contribution in [1.29, 1.82) is 0 Å². The molecule has 1 amide bonds. The van der Waals surface area contributed by atoms with E-state index >= 15 is 0 Å². The van der Waals surface area contributed by atoms with Crippen LogP contribution in [0.5, 0.6) is 0 Å². The van der Waals surface area contributed by atoms with Gasteiger partial charge in [0.2, 0.25) is 5.91 Å². The molecule has 222 valence electrons. The second kappa shape index (κ2) is 10.3. The Labute approximate surface area is 237 Å². The van der Waals surface area contributed by atoms with Gasteiger partial charge in [0.25, 0.3) is 5.92 Å². The first-order chi connectivity index (χ1) is 19.1. The molecule has 0 bridgehead atoms. The van der Waals surface area contributed by atoms with Crippen molar-refractivity contribution in [3.05, 3.63) is 70.7 Å². The quantitative estimate of drug-likeness (QED) is 0.286. The summed E-state index contributed by atoms with van der Waals surface area (Å²) in [6, 6.07) is 2.01. The van der Waals surface area contributed by atoms with Crippen molar-refractivity contribution in [3.63, 3.8) is 0 Å². The fraction of sp³-hybridized carbons (Fsp3) is 0.548. The Morgan fingerprint density at radius 2 is 1.80 bits per heavy atom. The number of fused-ring (bicyclic) bond motifs is 2. The Hall–Kier alpha value is -3.17. The van der Waals surface area contributed by atoms with Crippen molar-refractivity contribution in [1.82, 2.24) is 15.1 Å². The van der Waals surface area contributed by atoms with Crippen LogP contribution in [0.3, 0.4) is 0 Å². The molecule has 0 radical (unpaired) electrons. The van der Waals surface area contributed by atoms with Gasteiger partial charge in [-0.05, 0) is 69.4 Å². The van der Waals surface area contributed by atoms with E-state index in [2.05, 4.69) is 16.8 Å². The van der Waals surface area contributed by atoms with Crippen LogP contribution in [0.1, 0.15) is 82.0 Å². The van der Waals surface area contributed by atoms with Gasteiger partial charge in [0.05, 0.1) is 28.4 Å². The SMILES string of the molecule is C=CCC(F)(F)c1cc([C@H](C)N=C2NC=C3C(=C4CC24)N(C2CCCC2)CC(C)(C)C(=O)N3C)cc(C(F)(F)F)c1. The fourth-order valence-corrected chi connectivity index (χ4v) is 6.39. The lowest BCUT2D eigenvalue weighted by Crippen LogP contribution is -2.42. The predicted octanol–water partition coefficient (Wildman–Crippen LogP) is 7.29. The van der Waals surface area contributed by atoms with Crippen LogP contribution < -0.4 is 5.32 Å². The Morgan fingerprint density at radius 3 is 2.44 bits per heavy atom. The number of allylic oxidation sites excluding steroid dienone is 1. The number of likely N-dealkylation sites (N-methyl/N-ethyl adjacent to an activating group) is 1. The first-order valence-corrected chi connectivity index (χ1v) is 14.2. The Bertz CT molecular complexity index is 1340. The van der Waals surface area contributed by atoms with Gasteiger partial charge in [0, 0.05) is 43.7 Å². The first kappa shape index (κ1) is 29.3. The number of amidine groups is 1. The van der Waals surface area contributed by atoms with Crippen molar-refractivity contribution >= 4 is 11.7 Å². The lowest BCUT2D eigenvalue weighted by molar-refractivity contribution is -0.138. The molecule has 3 fully saturated rings. The van der Waals surface area contributed by atoms with E-state index in [1.54, 1.807) is 25.1 Å². The van der Waals surface area contributed by atoms with Crippen LogP contribution in [-0.4, -0.2) is 41.2 Å². The normalized spacial score (nSPS) is 24.8. The topological polar surface area (TPSA) is 47.9 Å². The Morgan fingerprint density at radius 1 is 1.15 bits per heavy atom. The number of nitrogens with one attached hydrogen (secondary N) is 1. The van der Waals surface area contributed by atoms with Gasteiger partial charge < -0.3 is 15.1 Å². The summed E-state index contributed by atoms with van der Waals surface area (Å²) in [6.07, 6.45) is 2.31. The van der Waals surface area contributed by atoms with Gasteiger partial charge in [-0.15, -0.1) is 6.58 Å². The molecule has 2 aliphatic carbocycles. The van der Waals surface area contributed by atoms with Gasteiger partial charge in [-0.25, -0.2) is 8.78 Å². The Balaban J connectivity index is 1.53. The van der Waals surface area contributed by atoms with E-state index < -0.39 is 41.1 Å². The highest BCUT2D eigenvalue weighted by molar-refractivity contribution is 5.94. The molecule has 41 heavy (non-hydrogen) atoms. The molecule has 0 aromatic heterocycles. The number of alkyl halides is 5. The lowest BCUT2D eigenvalue weighted by atomic mass is 9.91. The number of nitrogens with zero attached hydrogens (tertiary/aromatic N) is 3. The summed E-state index contributed by atoms with van der Waals surface area (Å²) < 4.78 is 70.5. The maximum absolute atomic E-state index is 14.7. The third-order valence-electron chi connectivity index (χ3n) is 8.70. The van der Waals surface area contributed by atoms with E-state index in [9.17, 15) is 26.7 Å². The van der Waals surface area contributed by atoms with Crippen molar-refractivity contribution in [3.8, 4) is 0 Å². The molecule has 2 heterocycles. The number of aliphatic imine (C=N–C) groups is 1. The van der Waals surface area contributed by atoms with Crippen molar-refractivity contribution in [2.45, 2.75) is 83.5 Å². The summed E-state index contributed by atoms with van der Waals surface area (Å²) in [4.78, 5) is 22.3. The number of amides is 1. The van der Waals surface area contributed by atoms with Crippen LogP contribution in [-0.2, 0) is 16.9 Å². The molecule has 2 aliphatic heterocycles. The summed E-state index contributed by atoms with van der Waals surface area (Å²) in [5.74, 6) is -3.01. The summed E-state index contributed by atoms with van der Waals surface area (Å²) in [5.41, 5.74) is 0.559. The second-order valence-corrected chi connectivity index (χ2v) is 12.3. The van der Waals surface area contributed by atoms with E-state index in [1.807, 2.05) is 13.8 Å². The number of halogens is 5. The lowest BCUT2D eigenvalue weighted by Gasteiger charge is -2.35. The second-order valence-electron chi connectivity index (χ2n) is 12.3. The molecule has 2 saturated carbocycles. The molecule has 1 saturated heterocycles. The van der Waals surface area contributed by atoms with Crippen LogP contribution in [0.4, 0.5) is 22.0 Å². The van der Waals surface area contributed by atoms with E-state index in [0.29, 0.717) is 30.9 Å². The molecular weight excluding hydrogens is 539 g/mol. The van der Waals surface area contributed by atoms with Crippen molar-refractivity contribution in [2.24, 2.45) is 16.3 Å². The molecular formula is C31H37F5N4O. The van der Waals surface area contributed by atoms with Crippen LogP contribution in [0.15, 0.2) is 59.0 Å². The third-order valence-corrected chi connectivity index (χ3v) is 8.70. The maximum Gasteiger partial charge on any atom is 0.416 e. The average Bonchev–Trinajstić information content (AvgIpc) is 3.52. The molecule has 1 N–H and O–H groups in total. The van der Waals surface area contributed by atoms with E-state index in [4.69, 9.17) is 4.99 Å². The smallest absolute Gasteiger partial charge is 0.366 e. The summed E-state index contributed by atoms with van der Waals surface area (Å²) in [5, 5.41) is 3.24. The van der Waals surface area contributed by atoms with Crippen LogP contribution in [0.2, 0.25) is 0 Å². The molecule has 2 atom stereocenters. The number of carbonyl (C=O) groups excluding carboxylic acids is 1. The first-order valence-electron chi connectivity index (χ1n) is 14.2. The third kappa shape index (κ3) is 5.54. The highest BCUT2D eigenvalue weighted by atomic mass is 19.4. The summed E-state index contributed by atoms with van der Waals surface area (Å²) in [6.45, 7) is 9.46. The van der Waals surface area contributed by atoms with Gasteiger partial charge in [-0.3, -0.25) is 9.79 Å². The molecule has 1 aromatic rings. The molecule has 5 nitrogen and oxygen atoms in total. The van der Waals surface area contributed by atoms with Gasteiger partial charge in [-0.1, -0.05) is 18.9 Å². The number of hydrogen-bond acceptors (Lipinski definition) is 3. The molecule has 4 aliphatic rings. The van der Waals surface area contributed by atoms with E-state index in [0.717, 1.165) is 60.9 Å². The zero-order valence-electron chi connectivity index (χ0n) is 23.9. The number of hydrogen-bond donors (Lipinski definition) is 1. The monoisotopic (exact) mass is 576 g/mol. The van der Waals surface area contributed by atoms with Crippen molar-refractivity contribution < 1.29 is 26.7 Å². The molecule has 10 heteroatoms. The largest absolute Gasteiger partial charge is 0.416 e. The van der Waals surface area contributed by atoms with Crippen LogP contribution >= 0.6 is 0 Å². The summed E-state index contributed by atoms with van der Waals surface area (Å²) >= 11 is 0. The minimum absolute atomic E-state index is 0.00653. The van der Waals surface area contributed by atoms with Crippen molar-refractivity contribution in [2.75, 3.05) is 13.6 Å². The number of rotatable bonds is 6. The highest BCUT2D eigenvalue weighted by Gasteiger charge is 2.49. The fourth-order valence-electron chi connectivity index (χ4n) is 6.39. The minimum Gasteiger partial charge on any atom is -0.366 e. The number of benzene rings is 1. The zero-order valence-corrected chi connectivity index (χ0v) is 23.9. The predicted molar refractivity (Wildman–Crippen MR) is 148 cm³/mol. The minimum atomic E-state index is -4.79. The van der Waals surface area contributed by atoms with Gasteiger partial charge >= 0.3 is 6.18 Å². The van der Waals surface area contributed by atoms with E-state index in [-0.39, 0.29) is 17.4 Å². The maximum atomic E-state index is 14.7. The Kier molecular flexibility index (Phi) is 7.35. The molecule has 0 spiro atoms. The standard InChI is InChI=1S/C31H37F5N4O/c1-6-11-30(32,33)20-12-19(13-21(14-20)31(34,35)36)18(2)38-27-24-15-23(24)26-25(16-37-27)39(5)28(41)29(3,4)17-40(26)22-9-7-8-10-22/h6,12-14,16,18,22,24H,1,7-11,15,17H2,2-5H3,(H,37,38)/t18-,24?/m0/s1. The van der Waals surface area contributed by atoms with Gasteiger partial charge in [0.1, 0.15) is 5.84 Å². The molecule has 5 rings (SSSR count). The summed E-state index contributed by atoms with van der Waals surface area (Å²) in [7, 11) is 1.77. The van der Waals surface area contributed by atoms with E-state index in [1.165, 1.54) is 0 Å². The molecule has 1 unspecified atom stereocenters. The van der Waals surface area contributed by atoms with Crippen LogP contribution in [0.25, 0.3) is 0 Å². The van der Waals surface area contributed by atoms with Gasteiger partial charge in [0.15, 0.2) is 0 Å². The molecule has 1 aromatic carbocycles. The van der Waals surface area contributed by atoms with Crippen LogP contribution in [0, 0.1) is 11.3 Å². The van der Waals surface area contributed by atoms with Gasteiger partial charge in [-0.2, -0.15) is 13.2 Å². The highest BCUT2D eigenvalue weighted by Crippen LogP contribution is 2.50.